The number of hydrogen-bond donors (Lipinski definition) is 3. The zero-order valence-electron chi connectivity index (χ0n) is 20.2. The van der Waals surface area contributed by atoms with Gasteiger partial charge in [0.1, 0.15) is 6.61 Å². The van der Waals surface area contributed by atoms with Crippen LogP contribution in [0.4, 0.5) is 17.3 Å². The van der Waals surface area contributed by atoms with Crippen molar-refractivity contribution in [3.05, 3.63) is 82.6 Å². The van der Waals surface area contributed by atoms with Crippen LogP contribution in [0, 0.1) is 6.92 Å². The minimum absolute atomic E-state index is 0.0327. The van der Waals surface area contributed by atoms with Crippen molar-refractivity contribution in [1.29, 1.82) is 0 Å². The highest BCUT2D eigenvalue weighted by Crippen LogP contribution is 2.28. The van der Waals surface area contributed by atoms with Crippen molar-refractivity contribution >= 4 is 29.1 Å². The smallest absolute Gasteiger partial charge is 0.257 e. The Morgan fingerprint density at radius 1 is 1.25 bits per heavy atom. The van der Waals surface area contributed by atoms with Crippen LogP contribution in [0.2, 0.25) is 0 Å². The molecule has 36 heavy (non-hydrogen) atoms. The largest absolute Gasteiger partial charge is 0.485 e. The van der Waals surface area contributed by atoms with Gasteiger partial charge in [0, 0.05) is 18.8 Å². The van der Waals surface area contributed by atoms with Gasteiger partial charge >= 0.3 is 0 Å². The Morgan fingerprint density at radius 2 is 2.00 bits per heavy atom. The van der Waals surface area contributed by atoms with Gasteiger partial charge in [0.25, 0.3) is 11.5 Å². The molecule has 0 spiro atoms. The van der Waals surface area contributed by atoms with Gasteiger partial charge in [-0.2, -0.15) is 0 Å². The second-order valence-corrected chi connectivity index (χ2v) is 8.44. The van der Waals surface area contributed by atoms with Gasteiger partial charge in [0.15, 0.2) is 5.75 Å². The summed E-state index contributed by atoms with van der Waals surface area (Å²) in [7, 11) is 0. The number of nitrogens with one attached hydrogen (secondary N) is 3. The van der Waals surface area contributed by atoms with Crippen LogP contribution in [0.15, 0.2) is 60.3 Å². The van der Waals surface area contributed by atoms with Gasteiger partial charge in [-0.3, -0.25) is 14.4 Å². The molecule has 4 rings (SSSR count). The Hall–Kier alpha value is -4.47. The lowest BCUT2D eigenvalue weighted by Gasteiger charge is -2.14. The van der Waals surface area contributed by atoms with E-state index in [2.05, 4.69) is 32.5 Å². The summed E-state index contributed by atoms with van der Waals surface area (Å²) in [4.78, 5) is 45.5. The summed E-state index contributed by atoms with van der Waals surface area (Å²) >= 11 is 0. The molecule has 0 aliphatic heterocycles. The zero-order chi connectivity index (χ0) is 25.7. The van der Waals surface area contributed by atoms with E-state index in [1.165, 1.54) is 23.0 Å². The molecule has 3 aromatic rings. The van der Waals surface area contributed by atoms with Crippen molar-refractivity contribution in [2.24, 2.45) is 0 Å². The molecule has 10 nitrogen and oxygen atoms in total. The Kier molecular flexibility index (Phi) is 7.43. The summed E-state index contributed by atoms with van der Waals surface area (Å²) in [6.07, 6.45) is 7.70. The molecule has 0 bridgehead atoms. The number of ether oxygens (including phenoxy) is 1. The molecular formula is C26H28N6O4. The molecule has 0 saturated heterocycles. The number of carbonyl (C=O) groups is 2. The van der Waals surface area contributed by atoms with E-state index in [0.717, 1.165) is 18.4 Å². The van der Waals surface area contributed by atoms with Crippen molar-refractivity contribution in [1.82, 2.24) is 19.9 Å². The lowest BCUT2D eigenvalue weighted by atomic mass is 10.1. The van der Waals surface area contributed by atoms with Crippen LogP contribution in [0.25, 0.3) is 0 Å². The summed E-state index contributed by atoms with van der Waals surface area (Å²) in [6.45, 7) is 7.62. The monoisotopic (exact) mass is 488 g/mol. The number of rotatable bonds is 10. The number of para-hydroxylation sites is 1. The predicted molar refractivity (Wildman–Crippen MR) is 137 cm³/mol. The molecule has 1 aliphatic rings. The first-order valence-electron chi connectivity index (χ1n) is 11.7. The fraction of sp³-hybridized carbons (Fsp3) is 0.269. The van der Waals surface area contributed by atoms with Crippen molar-refractivity contribution in [3.63, 3.8) is 0 Å². The molecule has 1 aliphatic carbocycles. The topological polar surface area (TPSA) is 127 Å². The molecule has 186 valence electrons. The van der Waals surface area contributed by atoms with Crippen LogP contribution < -0.4 is 26.2 Å². The van der Waals surface area contributed by atoms with Crippen molar-refractivity contribution in [2.75, 3.05) is 10.6 Å². The van der Waals surface area contributed by atoms with Gasteiger partial charge in [-0.15, -0.1) is 0 Å². The minimum atomic E-state index is -0.329. The van der Waals surface area contributed by atoms with Gasteiger partial charge in [0.05, 0.1) is 34.9 Å². The third-order valence-corrected chi connectivity index (χ3v) is 5.65. The summed E-state index contributed by atoms with van der Waals surface area (Å²) in [5.74, 6) is 0.141. The second kappa shape index (κ2) is 10.9. The molecule has 1 fully saturated rings. The van der Waals surface area contributed by atoms with Crippen LogP contribution in [-0.2, 0) is 17.9 Å². The molecule has 0 unspecified atom stereocenters. The first-order valence-corrected chi connectivity index (χ1v) is 11.7. The lowest BCUT2D eigenvalue weighted by molar-refractivity contribution is -0.111. The van der Waals surface area contributed by atoms with Gasteiger partial charge < -0.3 is 25.3 Å². The number of amides is 2. The summed E-state index contributed by atoms with van der Waals surface area (Å²) in [5.41, 5.74) is 2.69. The third kappa shape index (κ3) is 5.96. The quantitative estimate of drug-likeness (QED) is 0.374. The maximum Gasteiger partial charge on any atom is 0.257 e. The van der Waals surface area contributed by atoms with Gasteiger partial charge in [-0.05, 0) is 50.5 Å². The number of aryl methyl sites for hydroxylation is 2. The van der Waals surface area contributed by atoms with E-state index in [1.807, 2.05) is 26.0 Å². The van der Waals surface area contributed by atoms with Crippen molar-refractivity contribution < 1.29 is 14.3 Å². The highest BCUT2D eigenvalue weighted by molar-refractivity contribution is 6.01. The molecule has 10 heteroatoms. The van der Waals surface area contributed by atoms with Crippen LogP contribution in [0.5, 0.6) is 5.75 Å². The average Bonchev–Trinajstić information content (AvgIpc) is 3.70. The fourth-order valence-electron chi connectivity index (χ4n) is 3.51. The normalized spacial score (nSPS) is 12.5. The number of anilines is 3. The van der Waals surface area contributed by atoms with Crippen LogP contribution in [0.1, 0.15) is 41.3 Å². The van der Waals surface area contributed by atoms with E-state index in [1.54, 1.807) is 18.3 Å². The fourth-order valence-corrected chi connectivity index (χ4v) is 3.51. The second-order valence-electron chi connectivity index (χ2n) is 8.44. The molecule has 0 atom stereocenters. The first-order chi connectivity index (χ1) is 17.4. The van der Waals surface area contributed by atoms with Crippen LogP contribution in [-0.4, -0.2) is 32.4 Å². The minimum Gasteiger partial charge on any atom is -0.485 e. The molecule has 1 aromatic carbocycles. The van der Waals surface area contributed by atoms with Crippen molar-refractivity contribution in [3.8, 4) is 5.75 Å². The first kappa shape index (κ1) is 24.6. The van der Waals surface area contributed by atoms with E-state index in [-0.39, 0.29) is 30.0 Å². The molecular weight excluding hydrogens is 460 g/mol. The number of carbonyl (C=O) groups excluding carboxylic acids is 2. The van der Waals surface area contributed by atoms with E-state index in [9.17, 15) is 14.4 Å². The molecule has 3 N–H and O–H groups in total. The molecule has 2 heterocycles. The van der Waals surface area contributed by atoms with E-state index >= 15 is 0 Å². The standard InChI is InChI=1S/C26H28N6O4/c1-4-22(33)30-21-8-6-7-16(3)23(21)31-26-27-12-20(13-28-26)36-15-18-11-17(14-32(5-2)25(18)35)24(34)29-19-9-10-19/h4,6-8,11-14,19H,1,5,9-10,15H2,2-3H3,(H,29,34)(H,30,33)(H,27,28,31). The SMILES string of the molecule is C=CC(=O)Nc1cccc(C)c1Nc1ncc(OCc2cc(C(=O)NC3CC3)cn(CC)c2=O)cn1. The zero-order valence-corrected chi connectivity index (χ0v) is 20.2. The highest BCUT2D eigenvalue weighted by atomic mass is 16.5. The van der Waals surface area contributed by atoms with E-state index < -0.39 is 0 Å². The number of aromatic nitrogens is 3. The van der Waals surface area contributed by atoms with Crippen molar-refractivity contribution in [2.45, 2.75) is 45.9 Å². The van der Waals surface area contributed by atoms with Crippen LogP contribution >= 0.6 is 0 Å². The lowest BCUT2D eigenvalue weighted by Crippen LogP contribution is -2.30. The Balaban J connectivity index is 1.46. The number of nitrogens with zero attached hydrogens (tertiary/aromatic N) is 3. The number of benzene rings is 1. The molecule has 1 saturated carbocycles. The number of pyridine rings is 1. The van der Waals surface area contributed by atoms with E-state index in [0.29, 0.717) is 40.7 Å². The Morgan fingerprint density at radius 3 is 2.67 bits per heavy atom. The van der Waals surface area contributed by atoms with Gasteiger partial charge in [-0.1, -0.05) is 18.7 Å². The maximum absolute atomic E-state index is 12.7. The average molecular weight is 489 g/mol. The Labute approximate surface area is 208 Å². The summed E-state index contributed by atoms with van der Waals surface area (Å²) < 4.78 is 7.25. The molecule has 0 radical (unpaired) electrons. The molecule has 2 amide bonds. The Bertz CT molecular complexity index is 1350. The van der Waals surface area contributed by atoms with Gasteiger partial charge in [0.2, 0.25) is 11.9 Å². The molecule has 2 aromatic heterocycles. The summed E-state index contributed by atoms with van der Waals surface area (Å²) in [5, 5.41) is 8.80. The maximum atomic E-state index is 12.7. The third-order valence-electron chi connectivity index (χ3n) is 5.65. The summed E-state index contributed by atoms with van der Waals surface area (Å²) in [6, 6.07) is 7.27. The van der Waals surface area contributed by atoms with E-state index in [4.69, 9.17) is 4.74 Å². The predicted octanol–water partition coefficient (Wildman–Crippen LogP) is 3.31. The highest BCUT2D eigenvalue weighted by Gasteiger charge is 2.24. The van der Waals surface area contributed by atoms with Crippen LogP contribution in [0.3, 0.4) is 0 Å². The van der Waals surface area contributed by atoms with Gasteiger partial charge in [-0.25, -0.2) is 9.97 Å². The number of hydrogen-bond acceptors (Lipinski definition) is 7.